The van der Waals surface area contributed by atoms with E-state index in [0.717, 1.165) is 11.1 Å². The van der Waals surface area contributed by atoms with Crippen LogP contribution < -0.4 is 10.6 Å². The molecule has 1 saturated heterocycles. The molecule has 196 valence electrons. The Bertz CT molecular complexity index is 1460. The van der Waals surface area contributed by atoms with Crippen molar-refractivity contribution in [2.75, 3.05) is 5.32 Å². The van der Waals surface area contributed by atoms with E-state index in [-0.39, 0.29) is 18.0 Å². The molecule has 0 bridgehead atoms. The number of rotatable bonds is 8. The number of ether oxygens (including phenoxy) is 1. The number of amides is 3. The lowest BCUT2D eigenvalue weighted by Gasteiger charge is -2.24. The number of carbonyl (C=O) groups is 3. The molecule has 3 amide bonds. The van der Waals surface area contributed by atoms with E-state index in [1.165, 1.54) is 23.1 Å². The van der Waals surface area contributed by atoms with Crippen LogP contribution in [-0.4, -0.2) is 28.8 Å². The summed E-state index contributed by atoms with van der Waals surface area (Å²) in [5, 5.41) is 5.60. The van der Waals surface area contributed by atoms with Crippen LogP contribution in [0.3, 0.4) is 0 Å². The zero-order chi connectivity index (χ0) is 27.2. The van der Waals surface area contributed by atoms with Crippen LogP contribution in [-0.2, 0) is 22.6 Å². The molecule has 2 atom stereocenters. The minimum atomic E-state index is -0.916. The van der Waals surface area contributed by atoms with Gasteiger partial charge in [0, 0.05) is 12.2 Å². The molecule has 1 heterocycles. The lowest BCUT2D eigenvalue weighted by molar-refractivity contribution is -0.126. The van der Waals surface area contributed by atoms with E-state index in [2.05, 4.69) is 10.6 Å². The van der Waals surface area contributed by atoms with Crippen LogP contribution in [0.1, 0.15) is 33.2 Å². The normalized spacial score (nSPS) is 16.4. The largest absolute Gasteiger partial charge is 0.438 e. The summed E-state index contributed by atoms with van der Waals surface area (Å²) in [5.74, 6) is -1.55. The Kier molecular flexibility index (Phi) is 7.63. The number of benzene rings is 4. The van der Waals surface area contributed by atoms with Crippen molar-refractivity contribution in [2.45, 2.75) is 25.2 Å². The van der Waals surface area contributed by atoms with E-state index in [1.807, 2.05) is 60.7 Å². The zero-order valence-electron chi connectivity index (χ0n) is 20.9. The van der Waals surface area contributed by atoms with Crippen LogP contribution in [0, 0.1) is 5.82 Å². The predicted molar refractivity (Wildman–Crippen MR) is 144 cm³/mol. The van der Waals surface area contributed by atoms with Crippen LogP contribution in [0.4, 0.5) is 14.9 Å². The standard InChI is InChI=1S/C31H26FN3O4/c32-26-14-8-7-13-25(26)29(36)34-24-17-15-23(16-18-24)28-27(30(37)33-19-21-9-3-1-4-10-21)35(31(38)39-28)20-22-11-5-2-6-12-22/h1-18,27-28H,19-20H2,(H,33,37)(H,34,36)/t27-,28-/m0/s1. The second-order valence-corrected chi connectivity index (χ2v) is 9.12. The molecule has 8 heteroatoms. The Balaban J connectivity index is 1.36. The third-order valence-electron chi connectivity index (χ3n) is 6.47. The lowest BCUT2D eigenvalue weighted by Crippen LogP contribution is -2.46. The predicted octanol–water partition coefficient (Wildman–Crippen LogP) is 5.46. The van der Waals surface area contributed by atoms with Crippen molar-refractivity contribution in [1.29, 1.82) is 0 Å². The highest BCUT2D eigenvalue weighted by Crippen LogP contribution is 2.34. The summed E-state index contributed by atoms with van der Waals surface area (Å²) in [6.07, 6.45) is -1.46. The first-order valence-corrected chi connectivity index (χ1v) is 12.5. The molecule has 5 rings (SSSR count). The topological polar surface area (TPSA) is 87.7 Å². The molecule has 1 aliphatic heterocycles. The quantitative estimate of drug-likeness (QED) is 0.321. The number of hydrogen-bond acceptors (Lipinski definition) is 4. The van der Waals surface area contributed by atoms with Gasteiger partial charge in [-0.1, -0.05) is 84.9 Å². The molecule has 0 radical (unpaired) electrons. The molecule has 0 saturated carbocycles. The van der Waals surface area contributed by atoms with Gasteiger partial charge in [0.15, 0.2) is 12.1 Å². The van der Waals surface area contributed by atoms with E-state index in [4.69, 9.17) is 4.74 Å². The van der Waals surface area contributed by atoms with Gasteiger partial charge in [0.2, 0.25) is 5.91 Å². The van der Waals surface area contributed by atoms with Gasteiger partial charge in [-0.3, -0.25) is 14.5 Å². The van der Waals surface area contributed by atoms with Crippen LogP contribution in [0.2, 0.25) is 0 Å². The fourth-order valence-corrected chi connectivity index (χ4v) is 4.48. The van der Waals surface area contributed by atoms with Crippen molar-refractivity contribution in [3.05, 3.63) is 137 Å². The first-order chi connectivity index (χ1) is 19.0. The van der Waals surface area contributed by atoms with Gasteiger partial charge in [-0.2, -0.15) is 0 Å². The van der Waals surface area contributed by atoms with Gasteiger partial charge < -0.3 is 15.4 Å². The first-order valence-electron chi connectivity index (χ1n) is 12.5. The summed E-state index contributed by atoms with van der Waals surface area (Å²) in [6, 6.07) is 30.3. The summed E-state index contributed by atoms with van der Waals surface area (Å²) in [5.41, 5.74) is 2.74. The third-order valence-corrected chi connectivity index (χ3v) is 6.47. The Morgan fingerprint density at radius 3 is 2.08 bits per heavy atom. The third kappa shape index (κ3) is 5.96. The highest BCUT2D eigenvalue weighted by Gasteiger charge is 2.46. The summed E-state index contributed by atoms with van der Waals surface area (Å²) in [7, 11) is 0. The molecule has 4 aromatic rings. The zero-order valence-corrected chi connectivity index (χ0v) is 20.9. The number of carbonyl (C=O) groups excluding carboxylic acids is 3. The molecule has 0 aromatic heterocycles. The van der Waals surface area contributed by atoms with Crippen LogP contribution in [0.25, 0.3) is 0 Å². The number of cyclic esters (lactones) is 1. The van der Waals surface area contributed by atoms with Gasteiger partial charge in [0.05, 0.1) is 12.1 Å². The smallest absolute Gasteiger partial charge is 0.411 e. The highest BCUT2D eigenvalue weighted by atomic mass is 19.1. The molecule has 0 spiro atoms. The SMILES string of the molecule is O=C(Nc1ccc([C@@H]2OC(=O)N(Cc3ccccc3)[C@@H]2C(=O)NCc2ccccc2)cc1)c1ccccc1F. The summed E-state index contributed by atoms with van der Waals surface area (Å²) in [4.78, 5) is 40.4. The van der Waals surface area contributed by atoms with Crippen molar-refractivity contribution < 1.29 is 23.5 Å². The van der Waals surface area contributed by atoms with Crippen LogP contribution >= 0.6 is 0 Å². The second-order valence-electron chi connectivity index (χ2n) is 9.12. The van der Waals surface area contributed by atoms with Crippen LogP contribution in [0.15, 0.2) is 109 Å². The highest BCUT2D eigenvalue weighted by molar-refractivity contribution is 6.04. The van der Waals surface area contributed by atoms with E-state index in [9.17, 15) is 18.8 Å². The van der Waals surface area contributed by atoms with Crippen molar-refractivity contribution in [1.82, 2.24) is 10.2 Å². The second kappa shape index (κ2) is 11.6. The van der Waals surface area contributed by atoms with E-state index < -0.39 is 30.0 Å². The number of hydrogen-bond donors (Lipinski definition) is 2. The monoisotopic (exact) mass is 523 g/mol. The Labute approximate surface area is 225 Å². The molecular formula is C31H26FN3O4. The van der Waals surface area contributed by atoms with E-state index in [0.29, 0.717) is 17.8 Å². The van der Waals surface area contributed by atoms with E-state index in [1.54, 1.807) is 30.3 Å². The summed E-state index contributed by atoms with van der Waals surface area (Å²) < 4.78 is 19.7. The molecule has 39 heavy (non-hydrogen) atoms. The molecule has 0 aliphatic carbocycles. The summed E-state index contributed by atoms with van der Waals surface area (Å²) >= 11 is 0. The number of nitrogens with zero attached hydrogens (tertiary/aromatic N) is 1. The molecule has 2 N–H and O–H groups in total. The number of halogens is 1. The van der Waals surface area contributed by atoms with Crippen molar-refractivity contribution >= 4 is 23.6 Å². The molecule has 7 nitrogen and oxygen atoms in total. The molecular weight excluding hydrogens is 497 g/mol. The minimum Gasteiger partial charge on any atom is -0.438 e. The molecule has 1 aliphatic rings. The Morgan fingerprint density at radius 1 is 0.795 bits per heavy atom. The molecule has 0 unspecified atom stereocenters. The summed E-state index contributed by atoms with van der Waals surface area (Å²) in [6.45, 7) is 0.508. The minimum absolute atomic E-state index is 0.0713. The average Bonchev–Trinajstić information content (AvgIpc) is 3.29. The maximum absolute atomic E-state index is 14.0. The lowest BCUT2D eigenvalue weighted by atomic mass is 10.00. The fourth-order valence-electron chi connectivity index (χ4n) is 4.48. The van der Waals surface area contributed by atoms with Crippen LogP contribution in [0.5, 0.6) is 0 Å². The molecule has 4 aromatic carbocycles. The van der Waals surface area contributed by atoms with Gasteiger partial charge in [-0.15, -0.1) is 0 Å². The van der Waals surface area contributed by atoms with E-state index >= 15 is 0 Å². The van der Waals surface area contributed by atoms with Gasteiger partial charge in [-0.25, -0.2) is 9.18 Å². The van der Waals surface area contributed by atoms with Gasteiger partial charge in [0.1, 0.15) is 5.82 Å². The maximum Gasteiger partial charge on any atom is 0.411 e. The van der Waals surface area contributed by atoms with Gasteiger partial charge in [0.25, 0.3) is 5.91 Å². The maximum atomic E-state index is 14.0. The Morgan fingerprint density at radius 2 is 1.41 bits per heavy atom. The number of nitrogens with one attached hydrogen (secondary N) is 2. The Hall–Kier alpha value is -4.98. The average molecular weight is 524 g/mol. The fraction of sp³-hybridized carbons (Fsp3) is 0.129. The first kappa shape index (κ1) is 25.7. The van der Waals surface area contributed by atoms with Crippen molar-refractivity contribution in [3.8, 4) is 0 Å². The van der Waals surface area contributed by atoms with Gasteiger partial charge in [-0.05, 0) is 41.0 Å². The van der Waals surface area contributed by atoms with Crippen molar-refractivity contribution in [3.63, 3.8) is 0 Å². The van der Waals surface area contributed by atoms with Gasteiger partial charge >= 0.3 is 6.09 Å². The molecule has 1 fully saturated rings. The van der Waals surface area contributed by atoms with Crippen molar-refractivity contribution in [2.24, 2.45) is 0 Å². The number of anilines is 1.